The SMILES string of the molecule is CC(C)(Nc1ncccc1C(F)(F)F)C(C)(C)C(=O)O. The molecular weight excluding hydrogens is 273 g/mol. The molecular formula is C13H17F3N2O2. The lowest BCUT2D eigenvalue weighted by molar-refractivity contribution is -0.149. The van der Waals surface area contributed by atoms with Crippen molar-refractivity contribution in [2.24, 2.45) is 5.41 Å². The molecule has 2 N–H and O–H groups in total. The van der Waals surface area contributed by atoms with E-state index >= 15 is 0 Å². The third kappa shape index (κ3) is 3.02. The van der Waals surface area contributed by atoms with Gasteiger partial charge in [0.25, 0.3) is 0 Å². The van der Waals surface area contributed by atoms with Gasteiger partial charge >= 0.3 is 12.1 Å². The molecule has 1 heterocycles. The largest absolute Gasteiger partial charge is 0.481 e. The Morgan fingerprint density at radius 2 is 1.80 bits per heavy atom. The molecule has 0 atom stereocenters. The van der Waals surface area contributed by atoms with Gasteiger partial charge in [-0.2, -0.15) is 13.2 Å². The van der Waals surface area contributed by atoms with Crippen molar-refractivity contribution in [2.45, 2.75) is 39.4 Å². The molecule has 1 aromatic rings. The highest BCUT2D eigenvalue weighted by Gasteiger charge is 2.45. The first-order valence-electron chi connectivity index (χ1n) is 5.93. The van der Waals surface area contributed by atoms with E-state index in [9.17, 15) is 23.1 Å². The van der Waals surface area contributed by atoms with Gasteiger partial charge in [-0.25, -0.2) is 4.98 Å². The Labute approximate surface area is 115 Å². The lowest BCUT2D eigenvalue weighted by Gasteiger charge is -2.39. The summed E-state index contributed by atoms with van der Waals surface area (Å²) in [5, 5.41) is 11.8. The van der Waals surface area contributed by atoms with Gasteiger partial charge in [0.2, 0.25) is 0 Å². The summed E-state index contributed by atoms with van der Waals surface area (Å²) in [4.78, 5) is 14.9. The van der Waals surface area contributed by atoms with Gasteiger partial charge in [0, 0.05) is 11.7 Å². The number of rotatable bonds is 4. The van der Waals surface area contributed by atoms with E-state index in [1.54, 1.807) is 0 Å². The maximum atomic E-state index is 12.9. The van der Waals surface area contributed by atoms with Gasteiger partial charge in [0.1, 0.15) is 5.82 Å². The average Bonchev–Trinajstić information content (AvgIpc) is 2.27. The van der Waals surface area contributed by atoms with Crippen LogP contribution in [0.3, 0.4) is 0 Å². The molecule has 0 aliphatic heterocycles. The van der Waals surface area contributed by atoms with Gasteiger partial charge in [-0.05, 0) is 39.8 Å². The van der Waals surface area contributed by atoms with E-state index in [1.807, 2.05) is 0 Å². The molecule has 7 heteroatoms. The first-order chi connectivity index (χ1) is 8.89. The van der Waals surface area contributed by atoms with Crippen LogP contribution in [-0.4, -0.2) is 21.6 Å². The highest BCUT2D eigenvalue weighted by atomic mass is 19.4. The first-order valence-corrected chi connectivity index (χ1v) is 5.93. The zero-order valence-corrected chi connectivity index (χ0v) is 11.7. The minimum atomic E-state index is -4.56. The predicted octanol–water partition coefficient (Wildman–Crippen LogP) is 3.40. The number of aromatic nitrogens is 1. The topological polar surface area (TPSA) is 62.2 Å². The van der Waals surface area contributed by atoms with Crippen LogP contribution in [0.4, 0.5) is 19.0 Å². The Morgan fingerprint density at radius 1 is 1.25 bits per heavy atom. The summed E-state index contributed by atoms with van der Waals surface area (Å²) in [6.45, 7) is 5.93. The Bertz CT molecular complexity index is 511. The second-order valence-electron chi connectivity index (χ2n) is 5.58. The summed E-state index contributed by atoms with van der Waals surface area (Å²) in [6.07, 6.45) is -3.33. The Morgan fingerprint density at radius 3 is 2.25 bits per heavy atom. The lowest BCUT2D eigenvalue weighted by Crippen LogP contribution is -2.51. The van der Waals surface area contributed by atoms with E-state index in [0.29, 0.717) is 0 Å². The number of aliphatic carboxylic acids is 1. The molecule has 0 fully saturated rings. The van der Waals surface area contributed by atoms with Crippen molar-refractivity contribution in [3.63, 3.8) is 0 Å². The van der Waals surface area contributed by atoms with Gasteiger partial charge in [-0.15, -0.1) is 0 Å². The Hall–Kier alpha value is -1.79. The molecule has 0 aromatic carbocycles. The summed E-state index contributed by atoms with van der Waals surface area (Å²) in [5.74, 6) is -1.49. The number of hydrogen-bond acceptors (Lipinski definition) is 3. The fourth-order valence-electron chi connectivity index (χ4n) is 1.45. The minimum absolute atomic E-state index is 0.376. The molecule has 0 aliphatic rings. The number of carboxylic acid groups (broad SMARTS) is 1. The van der Waals surface area contributed by atoms with E-state index in [4.69, 9.17) is 0 Å². The summed E-state index contributed by atoms with van der Waals surface area (Å²) >= 11 is 0. The van der Waals surface area contributed by atoms with Crippen molar-refractivity contribution in [1.29, 1.82) is 0 Å². The minimum Gasteiger partial charge on any atom is -0.481 e. The Balaban J connectivity index is 3.20. The third-order valence-electron chi connectivity index (χ3n) is 3.64. The standard InChI is InChI=1S/C13H17F3N2O2/c1-11(2,10(19)20)12(3,4)18-9-8(13(14,15)16)6-5-7-17-9/h5-7H,1-4H3,(H,17,18)(H,19,20). The van der Waals surface area contributed by atoms with Crippen LogP contribution in [0, 0.1) is 5.41 Å². The smallest absolute Gasteiger partial charge is 0.419 e. The molecule has 0 amide bonds. The van der Waals surface area contributed by atoms with Gasteiger partial charge in [-0.3, -0.25) is 4.79 Å². The number of alkyl halides is 3. The second-order valence-corrected chi connectivity index (χ2v) is 5.58. The molecule has 4 nitrogen and oxygen atoms in total. The molecule has 0 saturated carbocycles. The van der Waals surface area contributed by atoms with Crippen molar-refractivity contribution in [2.75, 3.05) is 5.32 Å². The van der Waals surface area contributed by atoms with E-state index in [2.05, 4.69) is 10.3 Å². The fraction of sp³-hybridized carbons (Fsp3) is 0.538. The van der Waals surface area contributed by atoms with Crippen LogP contribution >= 0.6 is 0 Å². The number of carboxylic acids is 1. The highest BCUT2D eigenvalue weighted by molar-refractivity contribution is 5.76. The van der Waals surface area contributed by atoms with E-state index < -0.39 is 28.7 Å². The van der Waals surface area contributed by atoms with Gasteiger partial charge < -0.3 is 10.4 Å². The zero-order chi connectivity index (χ0) is 15.8. The third-order valence-corrected chi connectivity index (χ3v) is 3.64. The molecule has 1 rings (SSSR count). The molecule has 0 aliphatic carbocycles. The maximum Gasteiger partial charge on any atom is 0.419 e. The van der Waals surface area contributed by atoms with Crippen molar-refractivity contribution in [3.05, 3.63) is 23.9 Å². The average molecular weight is 290 g/mol. The van der Waals surface area contributed by atoms with Crippen LogP contribution in [0.15, 0.2) is 18.3 Å². The molecule has 20 heavy (non-hydrogen) atoms. The quantitative estimate of drug-likeness (QED) is 0.892. The highest BCUT2D eigenvalue weighted by Crippen LogP contribution is 2.38. The molecule has 1 aromatic heterocycles. The monoisotopic (exact) mass is 290 g/mol. The number of carbonyl (C=O) groups is 1. The number of nitrogens with one attached hydrogen (secondary N) is 1. The number of nitrogens with zero attached hydrogens (tertiary/aromatic N) is 1. The lowest BCUT2D eigenvalue weighted by atomic mass is 9.74. The van der Waals surface area contributed by atoms with E-state index in [-0.39, 0.29) is 5.82 Å². The van der Waals surface area contributed by atoms with Crippen LogP contribution < -0.4 is 5.32 Å². The first kappa shape index (κ1) is 16.3. The van der Waals surface area contributed by atoms with Crippen LogP contribution in [0.1, 0.15) is 33.3 Å². The number of pyridine rings is 1. The number of anilines is 1. The summed E-state index contributed by atoms with van der Waals surface area (Å²) < 4.78 is 38.6. The fourth-order valence-corrected chi connectivity index (χ4v) is 1.45. The molecule has 0 unspecified atom stereocenters. The molecule has 112 valence electrons. The molecule has 0 radical (unpaired) electrons. The summed E-state index contributed by atoms with van der Waals surface area (Å²) in [5.41, 5.74) is -3.34. The van der Waals surface area contributed by atoms with Crippen LogP contribution in [0.5, 0.6) is 0 Å². The zero-order valence-electron chi connectivity index (χ0n) is 11.7. The number of hydrogen-bond donors (Lipinski definition) is 2. The van der Waals surface area contributed by atoms with E-state index in [0.717, 1.165) is 6.07 Å². The second kappa shape index (κ2) is 4.96. The molecule has 0 spiro atoms. The van der Waals surface area contributed by atoms with Gasteiger partial charge in [0.15, 0.2) is 0 Å². The number of halogens is 3. The van der Waals surface area contributed by atoms with Gasteiger partial charge in [0.05, 0.1) is 11.0 Å². The van der Waals surface area contributed by atoms with E-state index in [1.165, 1.54) is 40.0 Å². The normalized spacial score (nSPS) is 13.2. The van der Waals surface area contributed by atoms with Crippen LogP contribution in [-0.2, 0) is 11.0 Å². The van der Waals surface area contributed by atoms with Crippen molar-refractivity contribution >= 4 is 11.8 Å². The Kier molecular flexibility index (Phi) is 4.03. The van der Waals surface area contributed by atoms with Crippen LogP contribution in [0.2, 0.25) is 0 Å². The van der Waals surface area contributed by atoms with Crippen molar-refractivity contribution in [1.82, 2.24) is 4.98 Å². The molecule has 0 bridgehead atoms. The molecule has 0 saturated heterocycles. The maximum absolute atomic E-state index is 12.9. The van der Waals surface area contributed by atoms with Crippen molar-refractivity contribution < 1.29 is 23.1 Å². The predicted molar refractivity (Wildman–Crippen MR) is 68.4 cm³/mol. The van der Waals surface area contributed by atoms with Crippen LogP contribution in [0.25, 0.3) is 0 Å². The van der Waals surface area contributed by atoms with Gasteiger partial charge in [-0.1, -0.05) is 0 Å². The summed E-state index contributed by atoms with van der Waals surface area (Å²) in [6, 6.07) is 2.09. The summed E-state index contributed by atoms with van der Waals surface area (Å²) in [7, 11) is 0. The van der Waals surface area contributed by atoms with Crippen molar-refractivity contribution in [3.8, 4) is 0 Å².